The van der Waals surface area contributed by atoms with Gasteiger partial charge >= 0.3 is 19.5 Å². The Kier molecular flexibility index (Phi) is 11.9. The Bertz CT molecular complexity index is 1010. The van der Waals surface area contributed by atoms with Crippen LogP contribution in [0.5, 0.6) is 0 Å². The lowest BCUT2D eigenvalue weighted by molar-refractivity contribution is -0.162. The van der Waals surface area contributed by atoms with Gasteiger partial charge in [0.1, 0.15) is 18.2 Å². The van der Waals surface area contributed by atoms with Crippen molar-refractivity contribution < 1.29 is 42.5 Å². The van der Waals surface area contributed by atoms with Crippen LogP contribution in [0.15, 0.2) is 12.7 Å². The second-order valence-corrected chi connectivity index (χ2v) is 11.4. The van der Waals surface area contributed by atoms with Crippen LogP contribution in [0.25, 0.3) is 11.2 Å². The monoisotopic (exact) mass is 533 g/mol. The summed E-state index contributed by atoms with van der Waals surface area (Å²) in [5.41, 5.74) is 5.21. The first-order valence-corrected chi connectivity index (χ1v) is 12.6. The largest absolute Gasteiger partial charge is 0.438 e. The predicted molar refractivity (Wildman–Crippen MR) is 129 cm³/mol. The number of aliphatic hydroxyl groups excluding tert-OH is 1. The number of aromatic nitrogens is 4. The van der Waals surface area contributed by atoms with E-state index in [2.05, 4.69) is 15.0 Å². The molecule has 0 saturated heterocycles. The van der Waals surface area contributed by atoms with Gasteiger partial charge in [-0.15, -0.1) is 0 Å². The van der Waals surface area contributed by atoms with Crippen LogP contribution in [0.1, 0.15) is 41.5 Å². The van der Waals surface area contributed by atoms with Gasteiger partial charge in [-0.25, -0.2) is 15.0 Å². The normalized spacial score (nSPS) is 12.1. The molecule has 0 unspecified atom stereocenters. The van der Waals surface area contributed by atoms with Crippen molar-refractivity contribution in [2.75, 3.05) is 39.4 Å². The zero-order valence-electron chi connectivity index (χ0n) is 21.7. The molecule has 14 nitrogen and oxygen atoms in total. The first-order chi connectivity index (χ1) is 16.7. The van der Waals surface area contributed by atoms with Gasteiger partial charge in [0.05, 0.1) is 23.8 Å². The van der Waals surface area contributed by atoms with E-state index >= 15 is 0 Å². The van der Waals surface area contributed by atoms with Gasteiger partial charge in [0, 0.05) is 13.7 Å². The Hall–Kier alpha value is -2.64. The molecule has 0 aromatic carbocycles. The summed E-state index contributed by atoms with van der Waals surface area (Å²) >= 11 is 0. The Labute approximate surface area is 210 Å². The molecule has 2 aromatic rings. The van der Waals surface area contributed by atoms with Gasteiger partial charge in [-0.05, 0) is 41.5 Å². The van der Waals surface area contributed by atoms with E-state index in [0.717, 1.165) is 7.11 Å². The maximum Gasteiger partial charge on any atom is 0.361 e. The molecule has 0 radical (unpaired) electrons. The van der Waals surface area contributed by atoms with E-state index in [0.29, 0.717) is 17.7 Å². The molecule has 36 heavy (non-hydrogen) atoms. The fourth-order valence-corrected chi connectivity index (χ4v) is 3.27. The van der Waals surface area contributed by atoms with E-state index in [-0.39, 0.29) is 12.4 Å². The maximum atomic E-state index is 13.1. The highest BCUT2D eigenvalue weighted by atomic mass is 31.2. The third-order valence-corrected chi connectivity index (χ3v) is 5.76. The quantitative estimate of drug-likeness (QED) is 0.185. The molecule has 0 aliphatic heterocycles. The third-order valence-electron chi connectivity index (χ3n) is 4.26. The summed E-state index contributed by atoms with van der Waals surface area (Å²) in [6, 6.07) is 0. The first-order valence-electron chi connectivity index (χ1n) is 10.9. The predicted octanol–water partition coefficient (Wildman–Crippen LogP) is 2.31. The van der Waals surface area contributed by atoms with Gasteiger partial charge in [-0.2, -0.15) is 0 Å². The van der Waals surface area contributed by atoms with Gasteiger partial charge in [0.25, 0.3) is 0 Å². The molecular formula is C21H36N5O9P. The molecule has 204 valence electrons. The van der Waals surface area contributed by atoms with Gasteiger partial charge in [0.15, 0.2) is 11.5 Å². The van der Waals surface area contributed by atoms with Crippen molar-refractivity contribution >= 4 is 36.5 Å². The molecule has 0 saturated carbocycles. The third kappa shape index (κ3) is 9.78. The highest BCUT2D eigenvalue weighted by Gasteiger charge is 2.30. The summed E-state index contributed by atoms with van der Waals surface area (Å²) in [4.78, 5) is 36.0. The molecule has 0 bridgehead atoms. The molecule has 0 atom stereocenters. The molecule has 0 amide bonds. The maximum absolute atomic E-state index is 13.1. The van der Waals surface area contributed by atoms with Crippen molar-refractivity contribution in [3.63, 3.8) is 0 Å². The molecule has 15 heteroatoms. The van der Waals surface area contributed by atoms with Crippen LogP contribution < -0.4 is 5.73 Å². The number of esters is 2. The summed E-state index contributed by atoms with van der Waals surface area (Å²) in [5, 5.41) is 7.00. The summed E-state index contributed by atoms with van der Waals surface area (Å²) in [7, 11) is -2.95. The topological polar surface area (TPSA) is 187 Å². The van der Waals surface area contributed by atoms with E-state index in [1.807, 2.05) is 0 Å². The number of anilines is 1. The summed E-state index contributed by atoms with van der Waals surface area (Å²) in [6.45, 7) is 9.16. The molecule has 0 spiro atoms. The molecule has 2 heterocycles. The number of nitrogens with two attached hydrogens (primary N) is 1. The number of ether oxygens (including phenoxy) is 3. The minimum absolute atomic E-state index is 0.0929. The molecule has 2 rings (SSSR count). The van der Waals surface area contributed by atoms with Crippen molar-refractivity contribution in [1.82, 2.24) is 19.5 Å². The van der Waals surface area contributed by atoms with E-state index in [9.17, 15) is 14.2 Å². The molecule has 0 fully saturated rings. The number of aliphatic hydroxyl groups is 1. The Balaban J connectivity index is 0.00000316. The van der Waals surface area contributed by atoms with Crippen LogP contribution in [0, 0.1) is 10.8 Å². The second kappa shape index (κ2) is 13.6. The zero-order chi connectivity index (χ0) is 27.6. The van der Waals surface area contributed by atoms with Gasteiger partial charge < -0.3 is 29.6 Å². The SMILES string of the molecule is CC(C)(C)C(=O)OCOP(=O)(COCCn1cnc2c(N)ncnc21)OCOC(=O)C(C)(C)C.CO. The standard InChI is InChI=1S/C20H32N5O8P.CH4O/c1-19(2,3)17(26)30-11-32-34(28,33-12-31-18(27)20(4,5)6)13-29-8-7-25-10-24-14-15(21)22-9-23-16(14)25;1-2/h9-10H,7-8,11-13H2,1-6H3,(H2,21,22,23);2H,1H3. The number of imidazole rings is 1. The van der Waals surface area contributed by atoms with Crippen LogP contribution in [-0.4, -0.2) is 70.2 Å². The number of nitrogens with zero attached hydrogens (tertiary/aromatic N) is 4. The lowest BCUT2D eigenvalue weighted by Gasteiger charge is -2.22. The fraction of sp³-hybridized carbons (Fsp3) is 0.667. The minimum atomic E-state index is -3.95. The van der Waals surface area contributed by atoms with Crippen molar-refractivity contribution in [3.05, 3.63) is 12.7 Å². The summed E-state index contributed by atoms with van der Waals surface area (Å²) in [6.07, 6.45) is 2.38. The lowest BCUT2D eigenvalue weighted by atomic mass is 9.98. The number of hydrogen-bond acceptors (Lipinski definition) is 13. The molecule has 2 aromatic heterocycles. The van der Waals surface area contributed by atoms with E-state index in [1.54, 1.807) is 46.1 Å². The smallest absolute Gasteiger partial charge is 0.361 e. The van der Waals surface area contributed by atoms with E-state index < -0.39 is 50.3 Å². The average Bonchev–Trinajstić information content (AvgIpc) is 3.21. The highest BCUT2D eigenvalue weighted by Crippen LogP contribution is 2.48. The fourth-order valence-electron chi connectivity index (χ4n) is 2.27. The second-order valence-electron chi connectivity index (χ2n) is 9.37. The lowest BCUT2D eigenvalue weighted by Crippen LogP contribution is -2.25. The average molecular weight is 534 g/mol. The summed E-state index contributed by atoms with van der Waals surface area (Å²) < 4.78 is 40.7. The molecule has 0 aliphatic rings. The van der Waals surface area contributed by atoms with Crippen molar-refractivity contribution in [2.24, 2.45) is 10.8 Å². The van der Waals surface area contributed by atoms with Crippen molar-refractivity contribution in [3.8, 4) is 0 Å². The number of nitrogen functional groups attached to an aromatic ring is 1. The number of carbonyl (C=O) groups is 2. The van der Waals surface area contributed by atoms with Crippen LogP contribution in [-0.2, 0) is 44.0 Å². The van der Waals surface area contributed by atoms with Crippen molar-refractivity contribution in [1.29, 1.82) is 0 Å². The van der Waals surface area contributed by atoms with E-state index in [1.165, 1.54) is 12.7 Å². The summed E-state index contributed by atoms with van der Waals surface area (Å²) in [5.74, 6) is -0.842. The zero-order valence-corrected chi connectivity index (χ0v) is 22.6. The van der Waals surface area contributed by atoms with Gasteiger partial charge in [-0.1, -0.05) is 0 Å². The Morgan fingerprint density at radius 3 is 2.00 bits per heavy atom. The van der Waals surface area contributed by atoms with Crippen molar-refractivity contribution in [2.45, 2.75) is 48.1 Å². The van der Waals surface area contributed by atoms with Gasteiger partial charge in [-0.3, -0.25) is 23.2 Å². The number of hydrogen-bond donors (Lipinski definition) is 2. The first kappa shape index (κ1) is 31.4. The number of fused-ring (bicyclic) bond motifs is 1. The number of rotatable bonds is 11. The molecule has 0 aliphatic carbocycles. The highest BCUT2D eigenvalue weighted by molar-refractivity contribution is 7.53. The van der Waals surface area contributed by atoms with Crippen LogP contribution in [0.2, 0.25) is 0 Å². The Morgan fingerprint density at radius 1 is 0.972 bits per heavy atom. The van der Waals surface area contributed by atoms with Gasteiger partial charge in [0.2, 0.25) is 13.6 Å². The molecular weight excluding hydrogens is 497 g/mol. The van der Waals surface area contributed by atoms with Crippen LogP contribution in [0.3, 0.4) is 0 Å². The molecule has 3 N–H and O–H groups in total. The van der Waals surface area contributed by atoms with Crippen LogP contribution in [0.4, 0.5) is 5.82 Å². The van der Waals surface area contributed by atoms with Crippen LogP contribution >= 0.6 is 7.60 Å². The van der Waals surface area contributed by atoms with E-state index in [4.69, 9.17) is 34.1 Å². The minimum Gasteiger partial charge on any atom is -0.438 e. The number of carbonyl (C=O) groups excluding carboxylic acids is 2. The Morgan fingerprint density at radius 2 is 1.50 bits per heavy atom.